The van der Waals surface area contributed by atoms with Crippen LogP contribution in [0.25, 0.3) is 0 Å². The van der Waals surface area contributed by atoms with Gasteiger partial charge in [0.1, 0.15) is 5.82 Å². The van der Waals surface area contributed by atoms with Gasteiger partial charge in [-0.3, -0.25) is 14.3 Å². The summed E-state index contributed by atoms with van der Waals surface area (Å²) in [7, 11) is 1.74. The normalized spacial score (nSPS) is 11.9. The van der Waals surface area contributed by atoms with Crippen molar-refractivity contribution in [3.05, 3.63) is 47.7 Å². The molecule has 0 bridgehead atoms. The van der Waals surface area contributed by atoms with E-state index in [1.165, 1.54) is 0 Å². The zero-order valence-electron chi connectivity index (χ0n) is 12.6. The number of nitrogens with zero attached hydrogens (tertiary/aromatic N) is 2. The van der Waals surface area contributed by atoms with E-state index in [-0.39, 0.29) is 24.7 Å². The van der Waals surface area contributed by atoms with Gasteiger partial charge in [0.25, 0.3) is 0 Å². The summed E-state index contributed by atoms with van der Waals surface area (Å²) >= 11 is 0. The molecule has 1 aromatic heterocycles. The Morgan fingerprint density at radius 3 is 2.50 bits per heavy atom. The largest absolute Gasteiger partial charge is 0.481 e. The highest BCUT2D eigenvalue weighted by Gasteiger charge is 2.20. The minimum atomic E-state index is -0.918. The third-order valence-corrected chi connectivity index (χ3v) is 3.39. The van der Waals surface area contributed by atoms with Crippen molar-refractivity contribution in [2.45, 2.75) is 25.7 Å². The van der Waals surface area contributed by atoms with Crippen LogP contribution in [-0.4, -0.2) is 26.8 Å². The summed E-state index contributed by atoms with van der Waals surface area (Å²) in [6.07, 6.45) is 0.0301. The summed E-state index contributed by atoms with van der Waals surface area (Å²) in [5, 5.41) is 16.0. The van der Waals surface area contributed by atoms with Crippen molar-refractivity contribution in [2.24, 2.45) is 7.05 Å². The number of nitrogens with one attached hydrogen (secondary N) is 1. The zero-order valence-corrected chi connectivity index (χ0v) is 12.6. The molecule has 0 saturated heterocycles. The molecule has 0 aliphatic carbocycles. The number of aromatic nitrogens is 2. The number of aryl methyl sites for hydroxylation is 2. The standard InChI is InChI=1S/C16H19N3O3/c1-11-8-14(19(2)18-11)17-15(20)9-13(10-16(21)22)12-6-4-3-5-7-12/h3-8,13H,9-10H2,1-2H3,(H,17,20)(H,21,22). The van der Waals surface area contributed by atoms with Gasteiger partial charge in [-0.25, -0.2) is 0 Å². The zero-order chi connectivity index (χ0) is 16.1. The first-order valence-electron chi connectivity index (χ1n) is 7.03. The summed E-state index contributed by atoms with van der Waals surface area (Å²) in [4.78, 5) is 23.2. The number of aliphatic carboxylic acids is 1. The summed E-state index contributed by atoms with van der Waals surface area (Å²) in [6, 6.07) is 11.0. The molecule has 6 nitrogen and oxygen atoms in total. The average molecular weight is 301 g/mol. The van der Waals surface area contributed by atoms with Gasteiger partial charge in [0, 0.05) is 25.5 Å². The van der Waals surface area contributed by atoms with Crippen LogP contribution in [0.15, 0.2) is 36.4 Å². The Balaban J connectivity index is 2.08. The van der Waals surface area contributed by atoms with Crippen molar-refractivity contribution in [1.82, 2.24) is 9.78 Å². The van der Waals surface area contributed by atoms with Gasteiger partial charge in [0.2, 0.25) is 5.91 Å². The predicted octanol–water partition coefficient (Wildman–Crippen LogP) is 2.32. The fraction of sp³-hybridized carbons (Fsp3) is 0.312. The Labute approximate surface area is 128 Å². The average Bonchev–Trinajstić information content (AvgIpc) is 2.76. The smallest absolute Gasteiger partial charge is 0.303 e. The van der Waals surface area contributed by atoms with Crippen molar-refractivity contribution in [1.29, 1.82) is 0 Å². The molecule has 6 heteroatoms. The second-order valence-corrected chi connectivity index (χ2v) is 5.25. The van der Waals surface area contributed by atoms with E-state index < -0.39 is 5.97 Å². The van der Waals surface area contributed by atoms with Gasteiger partial charge < -0.3 is 10.4 Å². The monoisotopic (exact) mass is 301 g/mol. The summed E-state index contributed by atoms with van der Waals surface area (Å²) < 4.78 is 1.59. The number of hydrogen-bond donors (Lipinski definition) is 2. The number of anilines is 1. The highest BCUT2D eigenvalue weighted by Crippen LogP contribution is 2.24. The topological polar surface area (TPSA) is 84.2 Å². The highest BCUT2D eigenvalue weighted by molar-refractivity contribution is 5.90. The number of carbonyl (C=O) groups is 2. The van der Waals surface area contributed by atoms with Gasteiger partial charge in [-0.2, -0.15) is 5.10 Å². The first kappa shape index (κ1) is 15.8. The van der Waals surface area contributed by atoms with Crippen LogP contribution in [0.5, 0.6) is 0 Å². The van der Waals surface area contributed by atoms with Crippen molar-refractivity contribution in [2.75, 3.05) is 5.32 Å². The lowest BCUT2D eigenvalue weighted by Gasteiger charge is -2.15. The molecule has 0 saturated carbocycles. The van der Waals surface area contributed by atoms with Crippen molar-refractivity contribution in [3.8, 4) is 0 Å². The number of rotatable bonds is 6. The molecule has 2 aromatic rings. The van der Waals surface area contributed by atoms with E-state index in [1.807, 2.05) is 37.3 Å². The molecule has 116 valence electrons. The Kier molecular flexibility index (Phi) is 4.93. The fourth-order valence-electron chi connectivity index (χ4n) is 2.39. The van der Waals surface area contributed by atoms with E-state index in [0.717, 1.165) is 11.3 Å². The lowest BCUT2D eigenvalue weighted by molar-refractivity contribution is -0.137. The molecule has 2 rings (SSSR count). The third kappa shape index (κ3) is 4.18. The molecule has 1 heterocycles. The van der Waals surface area contributed by atoms with E-state index in [2.05, 4.69) is 10.4 Å². The third-order valence-electron chi connectivity index (χ3n) is 3.39. The Bertz CT molecular complexity index is 665. The number of benzene rings is 1. The van der Waals surface area contributed by atoms with Crippen molar-refractivity contribution < 1.29 is 14.7 Å². The van der Waals surface area contributed by atoms with Crippen LogP contribution in [0, 0.1) is 6.92 Å². The van der Waals surface area contributed by atoms with Gasteiger partial charge in [0.15, 0.2) is 0 Å². The molecule has 0 aliphatic rings. The quantitative estimate of drug-likeness (QED) is 0.857. The minimum Gasteiger partial charge on any atom is -0.481 e. The van der Waals surface area contributed by atoms with E-state index in [4.69, 9.17) is 5.11 Å². The first-order valence-corrected chi connectivity index (χ1v) is 7.03. The Morgan fingerprint density at radius 1 is 1.27 bits per heavy atom. The molecule has 1 amide bonds. The van der Waals surface area contributed by atoms with Crippen LogP contribution < -0.4 is 5.32 Å². The van der Waals surface area contributed by atoms with E-state index >= 15 is 0 Å². The van der Waals surface area contributed by atoms with E-state index in [1.54, 1.807) is 17.8 Å². The number of carbonyl (C=O) groups excluding carboxylic acids is 1. The first-order chi connectivity index (χ1) is 10.5. The lowest BCUT2D eigenvalue weighted by atomic mass is 9.92. The Hall–Kier alpha value is -2.63. The molecule has 1 atom stereocenters. The molecule has 22 heavy (non-hydrogen) atoms. The van der Waals surface area contributed by atoms with Gasteiger partial charge in [-0.15, -0.1) is 0 Å². The molecule has 1 unspecified atom stereocenters. The number of carboxylic acid groups (broad SMARTS) is 1. The Morgan fingerprint density at radius 2 is 1.95 bits per heavy atom. The van der Waals surface area contributed by atoms with Crippen LogP contribution in [0.2, 0.25) is 0 Å². The lowest BCUT2D eigenvalue weighted by Crippen LogP contribution is -2.19. The molecule has 1 aromatic carbocycles. The van der Waals surface area contributed by atoms with E-state index in [9.17, 15) is 9.59 Å². The van der Waals surface area contributed by atoms with Crippen LogP contribution in [0.3, 0.4) is 0 Å². The maximum atomic E-state index is 12.2. The predicted molar refractivity (Wildman–Crippen MR) is 82.6 cm³/mol. The second-order valence-electron chi connectivity index (χ2n) is 5.25. The fourth-order valence-corrected chi connectivity index (χ4v) is 2.39. The van der Waals surface area contributed by atoms with Crippen LogP contribution in [0.4, 0.5) is 5.82 Å². The van der Waals surface area contributed by atoms with Crippen LogP contribution in [0.1, 0.15) is 30.0 Å². The molecule has 2 N–H and O–H groups in total. The van der Waals surface area contributed by atoms with Crippen LogP contribution in [-0.2, 0) is 16.6 Å². The van der Waals surface area contributed by atoms with Gasteiger partial charge in [0.05, 0.1) is 12.1 Å². The highest BCUT2D eigenvalue weighted by atomic mass is 16.4. The maximum Gasteiger partial charge on any atom is 0.303 e. The minimum absolute atomic E-state index is 0.0815. The second kappa shape index (κ2) is 6.89. The van der Waals surface area contributed by atoms with Gasteiger partial charge >= 0.3 is 5.97 Å². The van der Waals surface area contributed by atoms with Crippen molar-refractivity contribution >= 4 is 17.7 Å². The maximum absolute atomic E-state index is 12.2. The van der Waals surface area contributed by atoms with Crippen molar-refractivity contribution in [3.63, 3.8) is 0 Å². The molecule has 0 radical (unpaired) electrons. The molecule has 0 aliphatic heterocycles. The molecule has 0 fully saturated rings. The van der Waals surface area contributed by atoms with Gasteiger partial charge in [-0.1, -0.05) is 30.3 Å². The summed E-state index contributed by atoms with van der Waals surface area (Å²) in [5.41, 5.74) is 1.66. The number of amides is 1. The van der Waals surface area contributed by atoms with Gasteiger partial charge in [-0.05, 0) is 12.5 Å². The molecular weight excluding hydrogens is 282 g/mol. The van der Waals surface area contributed by atoms with Crippen LogP contribution >= 0.6 is 0 Å². The number of hydrogen-bond acceptors (Lipinski definition) is 3. The summed E-state index contributed by atoms with van der Waals surface area (Å²) in [6.45, 7) is 1.84. The number of carboxylic acids is 1. The van der Waals surface area contributed by atoms with E-state index in [0.29, 0.717) is 5.82 Å². The molecule has 0 spiro atoms. The SMILES string of the molecule is Cc1cc(NC(=O)CC(CC(=O)O)c2ccccc2)n(C)n1. The summed E-state index contributed by atoms with van der Waals surface area (Å²) in [5.74, 6) is -0.895. The molecular formula is C16H19N3O3.